The van der Waals surface area contributed by atoms with Gasteiger partial charge >= 0.3 is 12.1 Å². The number of rotatable bonds is 9. The van der Waals surface area contributed by atoms with Crippen molar-refractivity contribution >= 4 is 23.9 Å². The number of aromatic amines is 2. The molecule has 15 nitrogen and oxygen atoms in total. The molecular formula is C39H47N7O8. The van der Waals surface area contributed by atoms with E-state index in [9.17, 15) is 19.2 Å². The van der Waals surface area contributed by atoms with Crippen LogP contribution in [0, 0.1) is 59.2 Å². The fourth-order valence-corrected chi connectivity index (χ4v) is 9.20. The minimum Gasteiger partial charge on any atom is -0.469 e. The molecule has 6 heterocycles. The molecule has 2 aliphatic carbocycles. The minimum absolute atomic E-state index is 0.00423. The van der Waals surface area contributed by atoms with E-state index in [0.717, 1.165) is 32.1 Å². The topological polar surface area (TPSA) is 181 Å². The summed E-state index contributed by atoms with van der Waals surface area (Å²) in [5.74, 6) is 13.4. The van der Waals surface area contributed by atoms with Crippen molar-refractivity contribution in [3.63, 3.8) is 0 Å². The van der Waals surface area contributed by atoms with Crippen molar-refractivity contribution in [2.45, 2.75) is 75.5 Å². The summed E-state index contributed by atoms with van der Waals surface area (Å²) >= 11 is 0. The van der Waals surface area contributed by atoms with Gasteiger partial charge in [0, 0.05) is 39.0 Å². The standard InChI is InChI=1S/C39H47N7O8/c1-51-32(47)18-29(22-7-11-53-12-8-22)37(48)46-30-16-24(30)17-31(46)35-40-19-26(42-35)5-3-4-6-27-20-41-36(43-27)34-28-15-25(28)21-45(34)38(49)33(44-39(50)52-2)23-9-13-54-14-10-23/h19-20,22-25,28-31,33-34H,7-18,21H2,1-2H3,(H,40,42)(H,41,43)(H,44,50)/t24-,25+,28+,29+,30-,31+,33+,34+/m1/s1. The molecule has 6 fully saturated rings. The summed E-state index contributed by atoms with van der Waals surface area (Å²) < 4.78 is 20.9. The third-order valence-corrected chi connectivity index (χ3v) is 12.3. The van der Waals surface area contributed by atoms with Crippen LogP contribution in [0.1, 0.15) is 86.5 Å². The number of H-pyrrole nitrogens is 2. The summed E-state index contributed by atoms with van der Waals surface area (Å²) in [4.78, 5) is 72.4. The summed E-state index contributed by atoms with van der Waals surface area (Å²) in [6.45, 7) is 2.90. The average molecular weight is 742 g/mol. The molecule has 6 aliphatic rings. The lowest BCUT2D eigenvalue weighted by Gasteiger charge is -2.35. The van der Waals surface area contributed by atoms with Gasteiger partial charge in [-0.2, -0.15) is 0 Å². The Kier molecular flexibility index (Phi) is 10.4. The summed E-state index contributed by atoms with van der Waals surface area (Å²) in [5, 5.41) is 2.80. The number of alkyl carbamates (subject to hydrolysis) is 1. The van der Waals surface area contributed by atoms with Crippen LogP contribution in [0.15, 0.2) is 12.4 Å². The normalized spacial score (nSPS) is 28.3. The second kappa shape index (κ2) is 15.5. The van der Waals surface area contributed by atoms with Gasteiger partial charge in [-0.05, 0) is 98.2 Å². The number of carbonyl (C=O) groups is 4. The molecule has 0 radical (unpaired) electrons. The first-order valence-corrected chi connectivity index (χ1v) is 19.1. The fraction of sp³-hybridized carbons (Fsp3) is 0.641. The number of esters is 1. The highest BCUT2D eigenvalue weighted by Gasteiger charge is 2.58. The Bertz CT molecular complexity index is 1870. The van der Waals surface area contributed by atoms with Crippen LogP contribution in [0.4, 0.5) is 4.79 Å². The number of aromatic nitrogens is 4. The molecule has 4 aliphatic heterocycles. The molecule has 15 heteroatoms. The second-order valence-corrected chi connectivity index (χ2v) is 15.4. The molecule has 8 rings (SSSR count). The van der Waals surface area contributed by atoms with Gasteiger partial charge in [0.1, 0.15) is 29.1 Å². The summed E-state index contributed by atoms with van der Waals surface area (Å²) in [5.41, 5.74) is 1.17. The SMILES string of the molecule is COC(=O)C[C@H](C(=O)N1[C@@H]2C[C@@H]2C[C@H]1c1ncc(C#CC#Cc2cnc([C@@H]3[C@H]4C[C@H]4CN3C(=O)[C@@H](NC(=O)OC)C3CCOCC3)[nH]2)[nH]1)C1CCOCC1. The molecule has 3 amide bonds. The van der Waals surface area contributed by atoms with E-state index in [1.165, 1.54) is 14.2 Å². The summed E-state index contributed by atoms with van der Waals surface area (Å²) in [6, 6.07) is -0.966. The van der Waals surface area contributed by atoms with Gasteiger partial charge < -0.3 is 44.0 Å². The van der Waals surface area contributed by atoms with Crippen LogP contribution in [0.2, 0.25) is 0 Å². The maximum Gasteiger partial charge on any atom is 0.407 e. The quantitative estimate of drug-likeness (QED) is 0.255. The smallest absolute Gasteiger partial charge is 0.407 e. The number of imidazole rings is 2. The van der Waals surface area contributed by atoms with Crippen molar-refractivity contribution in [3.8, 4) is 23.7 Å². The molecule has 0 aromatic carbocycles. The maximum atomic E-state index is 14.1. The first kappa shape index (κ1) is 36.1. The first-order valence-electron chi connectivity index (χ1n) is 19.1. The number of hydrogen-bond donors (Lipinski definition) is 3. The zero-order valence-electron chi connectivity index (χ0n) is 30.7. The van der Waals surface area contributed by atoms with Crippen LogP contribution >= 0.6 is 0 Å². The fourth-order valence-electron chi connectivity index (χ4n) is 9.20. The molecule has 0 unspecified atom stereocenters. The highest BCUT2D eigenvalue weighted by molar-refractivity contribution is 5.87. The number of carbonyl (C=O) groups excluding carboxylic acids is 4. The van der Waals surface area contributed by atoms with Gasteiger partial charge in [0.2, 0.25) is 11.8 Å². The zero-order chi connectivity index (χ0) is 37.3. The lowest BCUT2D eigenvalue weighted by Crippen LogP contribution is -2.53. The molecule has 3 N–H and O–H groups in total. The van der Waals surface area contributed by atoms with Gasteiger partial charge in [-0.25, -0.2) is 14.8 Å². The van der Waals surface area contributed by atoms with E-state index in [-0.39, 0.29) is 54.2 Å². The van der Waals surface area contributed by atoms with E-state index in [1.54, 1.807) is 12.4 Å². The minimum atomic E-state index is -0.697. The summed E-state index contributed by atoms with van der Waals surface area (Å²) in [6.07, 6.45) is 8.44. The van der Waals surface area contributed by atoms with Gasteiger partial charge in [0.25, 0.3) is 0 Å². The monoisotopic (exact) mass is 741 g/mol. The van der Waals surface area contributed by atoms with Crippen molar-refractivity contribution in [1.29, 1.82) is 0 Å². The molecule has 286 valence electrons. The van der Waals surface area contributed by atoms with E-state index in [4.69, 9.17) is 18.9 Å². The van der Waals surface area contributed by atoms with Crippen molar-refractivity contribution in [2.75, 3.05) is 47.2 Å². The van der Waals surface area contributed by atoms with Crippen LogP contribution in [-0.2, 0) is 33.3 Å². The van der Waals surface area contributed by atoms with Gasteiger partial charge in [0.15, 0.2) is 0 Å². The predicted octanol–water partition coefficient (Wildman–Crippen LogP) is 2.47. The first-order chi connectivity index (χ1) is 26.3. The number of nitrogens with zero attached hydrogens (tertiary/aromatic N) is 4. The Morgan fingerprint density at radius 1 is 0.852 bits per heavy atom. The Balaban J connectivity index is 0.929. The van der Waals surface area contributed by atoms with E-state index < -0.39 is 18.1 Å². The highest BCUT2D eigenvalue weighted by Crippen LogP contribution is 2.56. The van der Waals surface area contributed by atoms with E-state index in [0.29, 0.717) is 86.6 Å². The number of piperidine rings is 2. The molecule has 54 heavy (non-hydrogen) atoms. The highest BCUT2D eigenvalue weighted by atomic mass is 16.5. The van der Waals surface area contributed by atoms with E-state index in [2.05, 4.69) is 48.9 Å². The number of amides is 3. The lowest BCUT2D eigenvalue weighted by atomic mass is 9.82. The van der Waals surface area contributed by atoms with Crippen molar-refractivity contribution < 1.29 is 38.1 Å². The molecule has 2 saturated carbocycles. The van der Waals surface area contributed by atoms with Crippen molar-refractivity contribution in [1.82, 2.24) is 35.1 Å². The molecule has 2 aromatic rings. The Morgan fingerprint density at radius 2 is 1.50 bits per heavy atom. The number of methoxy groups -OCH3 is 2. The van der Waals surface area contributed by atoms with Crippen LogP contribution in [0.3, 0.4) is 0 Å². The Labute approximate surface area is 314 Å². The number of nitrogens with one attached hydrogen (secondary N) is 3. The van der Waals surface area contributed by atoms with Crippen LogP contribution in [-0.4, -0.2) is 113 Å². The molecule has 0 spiro atoms. The zero-order valence-corrected chi connectivity index (χ0v) is 30.7. The number of fused-ring (bicyclic) bond motifs is 2. The lowest BCUT2D eigenvalue weighted by molar-refractivity contribution is -0.150. The van der Waals surface area contributed by atoms with Crippen LogP contribution in [0.5, 0.6) is 0 Å². The molecule has 2 aromatic heterocycles. The molecule has 0 bridgehead atoms. The van der Waals surface area contributed by atoms with Gasteiger partial charge in [-0.3, -0.25) is 14.4 Å². The van der Waals surface area contributed by atoms with Gasteiger partial charge in [-0.15, -0.1) is 0 Å². The predicted molar refractivity (Wildman–Crippen MR) is 190 cm³/mol. The number of hydrogen-bond acceptors (Lipinski definition) is 10. The maximum absolute atomic E-state index is 14.1. The third-order valence-electron chi connectivity index (χ3n) is 12.3. The number of likely N-dealkylation sites (tertiary alicyclic amines) is 2. The molecular weight excluding hydrogens is 694 g/mol. The van der Waals surface area contributed by atoms with Crippen LogP contribution in [0.25, 0.3) is 0 Å². The average Bonchev–Trinajstić information content (AvgIpc) is 3.82. The molecule has 4 saturated heterocycles. The van der Waals surface area contributed by atoms with Crippen molar-refractivity contribution in [3.05, 3.63) is 35.4 Å². The van der Waals surface area contributed by atoms with Gasteiger partial charge in [0.05, 0.1) is 51.0 Å². The van der Waals surface area contributed by atoms with E-state index in [1.807, 2.05) is 9.80 Å². The van der Waals surface area contributed by atoms with Gasteiger partial charge in [-0.1, -0.05) is 0 Å². The summed E-state index contributed by atoms with van der Waals surface area (Å²) in [7, 11) is 2.66. The Hall–Kier alpha value is -4.86. The van der Waals surface area contributed by atoms with E-state index >= 15 is 0 Å². The van der Waals surface area contributed by atoms with Crippen LogP contribution < -0.4 is 5.32 Å². The van der Waals surface area contributed by atoms with Crippen molar-refractivity contribution in [2.24, 2.45) is 35.5 Å². The third kappa shape index (κ3) is 7.44. The second-order valence-electron chi connectivity index (χ2n) is 15.4. The Morgan fingerprint density at radius 3 is 2.17 bits per heavy atom. The molecule has 8 atom stereocenters. The largest absolute Gasteiger partial charge is 0.469 e. The number of ether oxygens (including phenoxy) is 4.